The Balaban J connectivity index is 1.39. The fourth-order valence-electron chi connectivity index (χ4n) is 17.3. The molecule has 696 valence electrons. The van der Waals surface area contributed by atoms with Gasteiger partial charge in [-0.2, -0.15) is 0 Å². The minimum Gasteiger partial charge on any atom is -0.477 e. The smallest absolute Gasteiger partial charge is 0.364 e. The zero-order valence-electron chi connectivity index (χ0n) is 74.8. The summed E-state index contributed by atoms with van der Waals surface area (Å²) in [7, 11) is 0. The van der Waals surface area contributed by atoms with Crippen molar-refractivity contribution < 1.29 is 104 Å². The maximum Gasteiger partial charge on any atom is 0.364 e. The number of rotatable bonds is 81. The van der Waals surface area contributed by atoms with Crippen molar-refractivity contribution in [2.75, 3.05) is 26.4 Å². The number of aliphatic carboxylic acids is 1. The van der Waals surface area contributed by atoms with Gasteiger partial charge in [-0.25, -0.2) is 4.79 Å². The zero-order valence-corrected chi connectivity index (χ0v) is 74.8. The van der Waals surface area contributed by atoms with Gasteiger partial charge in [0.25, 0.3) is 5.79 Å². The summed E-state index contributed by atoms with van der Waals surface area (Å²) >= 11 is 0. The molecule has 0 aromatic rings. The minimum absolute atomic E-state index is 0.206. The first-order chi connectivity index (χ1) is 57.4. The number of carbonyl (C=O) groups is 3. The Morgan fingerprint density at radius 1 is 0.441 bits per heavy atom. The van der Waals surface area contributed by atoms with Gasteiger partial charge in [-0.1, -0.05) is 411 Å². The molecular formula is C95H180N2O21. The third-order valence-corrected chi connectivity index (χ3v) is 25.0. The van der Waals surface area contributed by atoms with Crippen LogP contribution in [0.4, 0.5) is 0 Å². The van der Waals surface area contributed by atoms with Crippen LogP contribution in [0.25, 0.3) is 0 Å². The number of carboxylic acids is 1. The highest BCUT2D eigenvalue weighted by molar-refractivity contribution is 5.77. The maximum atomic E-state index is 13.6. The van der Waals surface area contributed by atoms with Crippen molar-refractivity contribution >= 4 is 17.8 Å². The molecule has 3 fully saturated rings. The van der Waals surface area contributed by atoms with Crippen LogP contribution in [0, 0.1) is 0 Å². The third kappa shape index (κ3) is 50.0. The molecule has 3 aliphatic heterocycles. The molecule has 3 heterocycles. The summed E-state index contributed by atoms with van der Waals surface area (Å²) in [5, 5.41) is 137. The van der Waals surface area contributed by atoms with Gasteiger partial charge in [-0.05, 0) is 19.3 Å². The maximum absolute atomic E-state index is 13.6. The van der Waals surface area contributed by atoms with Crippen LogP contribution in [-0.4, -0.2) is 215 Å². The second-order valence-corrected chi connectivity index (χ2v) is 35.7. The summed E-state index contributed by atoms with van der Waals surface area (Å²) in [5.41, 5.74) is 0. The number of hydrogen-bond acceptors (Lipinski definition) is 20. The number of nitrogens with one attached hydrogen (secondary N) is 2. The number of carboxylic acid groups (broad SMARTS) is 1. The number of hydrogen-bond donors (Lipinski definition) is 14. The average molecular weight is 1690 g/mol. The fourth-order valence-corrected chi connectivity index (χ4v) is 17.3. The van der Waals surface area contributed by atoms with Crippen molar-refractivity contribution in [3.8, 4) is 0 Å². The van der Waals surface area contributed by atoms with Gasteiger partial charge in [0.2, 0.25) is 11.8 Å². The first-order valence-corrected chi connectivity index (χ1v) is 49.1. The Morgan fingerprint density at radius 2 is 0.788 bits per heavy atom. The molecular weight excluding hydrogens is 1510 g/mol. The Kier molecular flexibility index (Phi) is 67.5. The van der Waals surface area contributed by atoms with Crippen LogP contribution in [0.2, 0.25) is 0 Å². The van der Waals surface area contributed by atoms with Gasteiger partial charge in [0.05, 0.1) is 50.7 Å². The lowest BCUT2D eigenvalue weighted by Crippen LogP contribution is -2.70. The Morgan fingerprint density at radius 3 is 1.13 bits per heavy atom. The van der Waals surface area contributed by atoms with E-state index in [1.54, 1.807) is 6.08 Å². The summed E-state index contributed by atoms with van der Waals surface area (Å²) in [6.07, 6.45) is 57.2. The number of allylic oxidation sites excluding steroid dienone is 1. The molecule has 23 nitrogen and oxygen atoms in total. The monoisotopic (exact) mass is 1690 g/mol. The van der Waals surface area contributed by atoms with E-state index in [0.717, 1.165) is 51.9 Å². The molecule has 0 spiro atoms. The molecule has 23 heteroatoms. The molecule has 18 unspecified atom stereocenters. The van der Waals surface area contributed by atoms with Crippen molar-refractivity contribution in [3.05, 3.63) is 12.2 Å². The van der Waals surface area contributed by atoms with Gasteiger partial charge in [0.15, 0.2) is 12.6 Å². The standard InChI is InChI=1S/C95H180N2O21/c1-4-6-8-10-12-14-16-18-20-22-24-26-28-30-31-32-33-34-35-36-37-38-39-40-41-42-43-45-47-49-51-53-55-57-59-61-63-65-67-69-82(105)97-76(77(102)68-66-64-62-60-58-56-54-52-50-48-46-44-29-27-25-23-21-19-17-15-13-11-9-7-5-2)74-113-92-87(109)86(108)89(81(73-100)115-92)116-93-88(110)91(85(107)80(72-99)114-93)118-95(94(111)112)70-78(103)83(96-75(3)101)90(117-95)84(106)79(104)71-98/h66,68,76-81,83-93,98-100,102-104,106-110H,4-65,67,69-74H2,1-3H3,(H,96,101)(H,97,105)(H,111,112)/b68-66+. The molecule has 0 aromatic heterocycles. The number of carbonyl (C=O) groups excluding carboxylic acids is 2. The molecule has 0 aliphatic carbocycles. The van der Waals surface area contributed by atoms with Crippen LogP contribution in [0.5, 0.6) is 0 Å². The zero-order chi connectivity index (χ0) is 85.9. The van der Waals surface area contributed by atoms with E-state index in [2.05, 4.69) is 24.5 Å². The first kappa shape index (κ1) is 110. The molecule has 118 heavy (non-hydrogen) atoms. The van der Waals surface area contributed by atoms with E-state index in [4.69, 9.17) is 28.4 Å². The lowest BCUT2D eigenvalue weighted by molar-refractivity contribution is -0.386. The van der Waals surface area contributed by atoms with Gasteiger partial charge >= 0.3 is 5.97 Å². The topological polar surface area (TPSA) is 373 Å². The SMILES string of the molecule is CCCCCCCCCCCCCCCCCCCCCCCCC/C=C/C(O)C(COC1OC(CO)C(OC2OC(CO)C(O)C(OC3(C(=O)O)CC(O)C(NC(C)=O)C(C(O)C(O)CO)O3)C2O)C(O)C1O)NC(=O)CCCCCCCCCCCCCCCCCCCCCCCCCCCCCCCCCCCCCCCCC. The molecule has 0 radical (unpaired) electrons. The third-order valence-electron chi connectivity index (χ3n) is 25.0. The van der Waals surface area contributed by atoms with Gasteiger partial charge in [-0.3, -0.25) is 9.59 Å². The van der Waals surface area contributed by atoms with Crippen molar-refractivity contribution in [2.45, 2.75) is 548 Å². The van der Waals surface area contributed by atoms with E-state index in [1.807, 2.05) is 6.08 Å². The number of aliphatic hydroxyl groups is 11. The number of unbranched alkanes of at least 4 members (excludes halogenated alkanes) is 61. The second-order valence-electron chi connectivity index (χ2n) is 35.7. The van der Waals surface area contributed by atoms with Crippen molar-refractivity contribution in [3.63, 3.8) is 0 Å². The lowest BCUT2D eigenvalue weighted by atomic mass is 9.88. The van der Waals surface area contributed by atoms with E-state index < -0.39 is 155 Å². The van der Waals surface area contributed by atoms with Gasteiger partial charge in [0.1, 0.15) is 67.1 Å². The van der Waals surface area contributed by atoms with Crippen molar-refractivity contribution in [1.29, 1.82) is 0 Å². The minimum atomic E-state index is -3.08. The summed E-state index contributed by atoms with van der Waals surface area (Å²) in [6.45, 7) is 2.24. The number of aliphatic hydroxyl groups excluding tert-OH is 11. The normalized spacial score (nSPS) is 24.7. The summed E-state index contributed by atoms with van der Waals surface area (Å²) in [5.74, 6) is -6.13. The van der Waals surface area contributed by atoms with E-state index in [-0.39, 0.29) is 12.3 Å². The lowest BCUT2D eigenvalue weighted by Gasteiger charge is -2.50. The van der Waals surface area contributed by atoms with Crippen molar-refractivity contribution in [2.24, 2.45) is 0 Å². The molecule has 14 N–H and O–H groups in total. The molecule has 0 bridgehead atoms. The van der Waals surface area contributed by atoms with Crippen LogP contribution in [0.1, 0.15) is 438 Å². The number of amides is 2. The van der Waals surface area contributed by atoms with Gasteiger partial charge in [-0.15, -0.1) is 0 Å². The van der Waals surface area contributed by atoms with Crippen LogP contribution in [-0.2, 0) is 42.8 Å². The summed E-state index contributed by atoms with van der Waals surface area (Å²) < 4.78 is 35.0. The predicted octanol–water partition coefficient (Wildman–Crippen LogP) is 17.2. The molecule has 0 saturated carbocycles. The number of ether oxygens (including phenoxy) is 6. The van der Waals surface area contributed by atoms with Crippen LogP contribution >= 0.6 is 0 Å². The fraction of sp³-hybridized carbons (Fsp3) is 0.947. The molecule has 2 amide bonds. The highest BCUT2D eigenvalue weighted by atomic mass is 16.8. The molecule has 0 aromatic carbocycles. The van der Waals surface area contributed by atoms with E-state index >= 15 is 0 Å². The predicted molar refractivity (Wildman–Crippen MR) is 468 cm³/mol. The summed E-state index contributed by atoms with van der Waals surface area (Å²) in [4.78, 5) is 38.8. The van der Waals surface area contributed by atoms with Crippen LogP contribution in [0.3, 0.4) is 0 Å². The Bertz CT molecular complexity index is 2370. The van der Waals surface area contributed by atoms with Crippen LogP contribution < -0.4 is 10.6 Å². The molecule has 3 aliphatic rings. The van der Waals surface area contributed by atoms with E-state index in [1.165, 1.54) is 347 Å². The summed E-state index contributed by atoms with van der Waals surface area (Å²) in [6, 6.07) is -2.62. The van der Waals surface area contributed by atoms with Crippen molar-refractivity contribution in [1.82, 2.24) is 10.6 Å². The molecule has 3 rings (SSSR count). The quantitative estimate of drug-likeness (QED) is 0.0199. The Labute approximate surface area is 715 Å². The highest BCUT2D eigenvalue weighted by Gasteiger charge is 2.60. The molecule has 3 saturated heterocycles. The second kappa shape index (κ2) is 72.6. The van der Waals surface area contributed by atoms with Crippen LogP contribution in [0.15, 0.2) is 12.2 Å². The Hall–Kier alpha value is -2.53. The average Bonchev–Trinajstić information content (AvgIpc) is 0.750. The van der Waals surface area contributed by atoms with E-state index in [0.29, 0.717) is 12.8 Å². The van der Waals surface area contributed by atoms with Gasteiger partial charge < -0.3 is 100 Å². The van der Waals surface area contributed by atoms with Gasteiger partial charge in [0, 0.05) is 19.8 Å². The first-order valence-electron chi connectivity index (χ1n) is 49.1. The van der Waals surface area contributed by atoms with E-state index in [9.17, 15) is 75.7 Å². The largest absolute Gasteiger partial charge is 0.477 e. The molecule has 18 atom stereocenters. The highest BCUT2D eigenvalue weighted by Crippen LogP contribution is 2.39.